The van der Waals surface area contributed by atoms with Crippen LogP contribution < -0.4 is 10.2 Å². The van der Waals surface area contributed by atoms with E-state index in [9.17, 15) is 0 Å². The Morgan fingerprint density at radius 3 is 2.26 bits per heavy atom. The van der Waals surface area contributed by atoms with Crippen LogP contribution in [0.3, 0.4) is 0 Å². The molecule has 4 rings (SSSR count). The van der Waals surface area contributed by atoms with Gasteiger partial charge in [-0.25, -0.2) is 0 Å². The van der Waals surface area contributed by atoms with E-state index < -0.39 is 0 Å². The summed E-state index contributed by atoms with van der Waals surface area (Å²) >= 11 is 0. The summed E-state index contributed by atoms with van der Waals surface area (Å²) in [6.45, 7) is 9.04. The number of hydrogen-bond acceptors (Lipinski definition) is 4. The van der Waals surface area contributed by atoms with E-state index in [2.05, 4.69) is 97.5 Å². The Morgan fingerprint density at radius 1 is 0.903 bits per heavy atom. The lowest BCUT2D eigenvalue weighted by atomic mass is 9.83. The van der Waals surface area contributed by atoms with Crippen LogP contribution >= 0.6 is 0 Å². The molecular formula is C27H38N4. The number of nitrogens with one attached hydrogen (secondary N) is 1. The maximum Gasteiger partial charge on any atom is 0.0390 e. The molecule has 1 fully saturated rings. The fourth-order valence-electron chi connectivity index (χ4n) is 4.84. The van der Waals surface area contributed by atoms with E-state index in [0.29, 0.717) is 6.04 Å². The van der Waals surface area contributed by atoms with Crippen LogP contribution in [0, 0.1) is 6.92 Å². The maximum absolute atomic E-state index is 3.64. The van der Waals surface area contributed by atoms with E-state index in [1.807, 2.05) is 0 Å². The van der Waals surface area contributed by atoms with Gasteiger partial charge < -0.3 is 20.0 Å². The number of hydrogen-bond donors (Lipinski definition) is 1. The number of likely N-dealkylation sites (N-methyl/N-ethyl adjacent to an activating group) is 1. The number of benzene rings is 2. The molecule has 1 aliphatic heterocycles. The average molecular weight is 419 g/mol. The Morgan fingerprint density at radius 2 is 1.58 bits per heavy atom. The van der Waals surface area contributed by atoms with Gasteiger partial charge >= 0.3 is 0 Å². The summed E-state index contributed by atoms with van der Waals surface area (Å²) in [6, 6.07) is 16.4. The van der Waals surface area contributed by atoms with E-state index in [1.54, 1.807) is 5.57 Å². The van der Waals surface area contributed by atoms with Gasteiger partial charge in [0.05, 0.1) is 0 Å². The fraction of sp³-hybridized carbons (Fsp3) is 0.481. The van der Waals surface area contributed by atoms with Crippen LogP contribution in [0.25, 0.3) is 5.57 Å². The highest BCUT2D eigenvalue weighted by Gasteiger charge is 2.22. The van der Waals surface area contributed by atoms with E-state index >= 15 is 0 Å². The SMILES string of the molecule is CC1=C(c2cc(Nc3ccc(N4CCN(C)CC4)cc3)ccc2C)CC(N(C)C)CC1. The van der Waals surface area contributed by atoms with Crippen molar-refractivity contribution >= 4 is 22.6 Å². The maximum atomic E-state index is 3.64. The van der Waals surface area contributed by atoms with Crippen molar-refractivity contribution in [1.29, 1.82) is 0 Å². The zero-order valence-corrected chi connectivity index (χ0v) is 19.9. The standard InChI is InChI=1S/C27H38N4/c1-20-6-8-23(18-26(20)27-19-25(29(3)4)11-7-21(27)2)28-22-9-12-24(13-10-22)31-16-14-30(5)15-17-31/h6,8-10,12-13,18,25,28H,7,11,14-17,19H2,1-5H3. The molecule has 4 heteroatoms. The molecule has 0 aromatic heterocycles. The quantitative estimate of drug-likeness (QED) is 0.704. The minimum absolute atomic E-state index is 0.636. The smallest absolute Gasteiger partial charge is 0.0390 e. The van der Waals surface area contributed by atoms with Gasteiger partial charge in [-0.3, -0.25) is 0 Å². The van der Waals surface area contributed by atoms with Gasteiger partial charge in [0, 0.05) is 49.3 Å². The van der Waals surface area contributed by atoms with E-state index in [1.165, 1.54) is 40.9 Å². The zero-order chi connectivity index (χ0) is 22.0. The largest absolute Gasteiger partial charge is 0.369 e. The first-order chi connectivity index (χ1) is 14.9. The molecule has 0 spiro atoms. The predicted molar refractivity (Wildman–Crippen MR) is 135 cm³/mol. The summed E-state index contributed by atoms with van der Waals surface area (Å²) in [5, 5.41) is 3.64. The monoisotopic (exact) mass is 418 g/mol. The van der Waals surface area contributed by atoms with Crippen molar-refractivity contribution in [2.45, 2.75) is 39.2 Å². The molecule has 1 N–H and O–H groups in total. The van der Waals surface area contributed by atoms with E-state index in [-0.39, 0.29) is 0 Å². The molecule has 2 aromatic rings. The summed E-state index contributed by atoms with van der Waals surface area (Å²) in [5.74, 6) is 0. The molecule has 2 aromatic carbocycles. The van der Waals surface area contributed by atoms with Gasteiger partial charge in [-0.1, -0.05) is 11.6 Å². The Labute approximate surface area is 188 Å². The number of allylic oxidation sites excluding steroid dienone is 1. The predicted octanol–water partition coefficient (Wildman–Crippen LogP) is 5.38. The second-order valence-electron chi connectivity index (χ2n) is 9.61. The van der Waals surface area contributed by atoms with Crippen molar-refractivity contribution in [1.82, 2.24) is 9.80 Å². The average Bonchev–Trinajstić information content (AvgIpc) is 2.76. The minimum atomic E-state index is 0.636. The zero-order valence-electron chi connectivity index (χ0n) is 19.9. The number of anilines is 3. The van der Waals surface area contributed by atoms with Gasteiger partial charge in [-0.15, -0.1) is 0 Å². The molecule has 1 heterocycles. The Kier molecular flexibility index (Phi) is 6.68. The van der Waals surface area contributed by atoms with E-state index in [0.717, 1.165) is 38.3 Å². The Hall–Kier alpha value is -2.30. The van der Waals surface area contributed by atoms with Gasteiger partial charge in [0.2, 0.25) is 0 Å². The lowest BCUT2D eigenvalue weighted by Crippen LogP contribution is -2.44. The Balaban J connectivity index is 1.50. The van der Waals surface area contributed by atoms with E-state index in [4.69, 9.17) is 0 Å². The molecular weight excluding hydrogens is 380 g/mol. The first kappa shape index (κ1) is 21.9. The molecule has 2 aliphatic rings. The third kappa shape index (κ3) is 5.13. The van der Waals surface area contributed by atoms with Crippen molar-refractivity contribution < 1.29 is 0 Å². The van der Waals surface area contributed by atoms with Crippen LogP contribution in [0.5, 0.6) is 0 Å². The van der Waals surface area contributed by atoms with Crippen molar-refractivity contribution in [3.63, 3.8) is 0 Å². The highest BCUT2D eigenvalue weighted by Crippen LogP contribution is 2.36. The molecule has 1 atom stereocenters. The topological polar surface area (TPSA) is 21.8 Å². The van der Waals surface area contributed by atoms with Gasteiger partial charge in [-0.05, 0) is 107 Å². The second kappa shape index (κ2) is 9.46. The molecule has 1 unspecified atom stereocenters. The van der Waals surface area contributed by atoms with Crippen molar-refractivity contribution in [3.8, 4) is 0 Å². The molecule has 0 radical (unpaired) electrons. The molecule has 31 heavy (non-hydrogen) atoms. The minimum Gasteiger partial charge on any atom is -0.369 e. The van der Waals surface area contributed by atoms with Crippen LogP contribution in [0.4, 0.5) is 17.1 Å². The molecule has 166 valence electrons. The summed E-state index contributed by atoms with van der Waals surface area (Å²) in [7, 11) is 6.62. The normalized spacial score (nSPS) is 20.5. The summed E-state index contributed by atoms with van der Waals surface area (Å²) in [4.78, 5) is 7.25. The lowest BCUT2D eigenvalue weighted by molar-refractivity contribution is 0.277. The number of nitrogens with zero attached hydrogens (tertiary/aromatic N) is 3. The summed E-state index contributed by atoms with van der Waals surface area (Å²) < 4.78 is 0. The highest BCUT2D eigenvalue weighted by molar-refractivity contribution is 5.76. The molecule has 0 amide bonds. The number of piperazine rings is 1. The van der Waals surface area contributed by atoms with Crippen LogP contribution in [-0.4, -0.2) is 63.2 Å². The first-order valence-corrected chi connectivity index (χ1v) is 11.7. The lowest BCUT2D eigenvalue weighted by Gasteiger charge is -2.34. The molecule has 4 nitrogen and oxygen atoms in total. The Bertz CT molecular complexity index is 921. The van der Waals surface area contributed by atoms with Crippen molar-refractivity contribution in [2.75, 3.05) is 57.5 Å². The summed E-state index contributed by atoms with van der Waals surface area (Å²) in [5.41, 5.74) is 9.49. The van der Waals surface area contributed by atoms with Crippen molar-refractivity contribution in [3.05, 3.63) is 59.2 Å². The molecule has 1 saturated heterocycles. The highest BCUT2D eigenvalue weighted by atomic mass is 15.2. The van der Waals surface area contributed by atoms with Gasteiger partial charge in [0.25, 0.3) is 0 Å². The number of rotatable bonds is 5. The first-order valence-electron chi connectivity index (χ1n) is 11.7. The third-order valence-electron chi connectivity index (χ3n) is 7.12. The number of aryl methyl sites for hydroxylation is 1. The van der Waals surface area contributed by atoms with Crippen LogP contribution in [0.2, 0.25) is 0 Å². The van der Waals surface area contributed by atoms with Crippen LogP contribution in [-0.2, 0) is 0 Å². The molecule has 0 saturated carbocycles. The van der Waals surface area contributed by atoms with Crippen LogP contribution in [0.1, 0.15) is 37.3 Å². The van der Waals surface area contributed by atoms with Crippen molar-refractivity contribution in [2.24, 2.45) is 0 Å². The fourth-order valence-corrected chi connectivity index (χ4v) is 4.84. The van der Waals surface area contributed by atoms with Gasteiger partial charge in [0.15, 0.2) is 0 Å². The van der Waals surface area contributed by atoms with Gasteiger partial charge in [0.1, 0.15) is 0 Å². The third-order valence-corrected chi connectivity index (χ3v) is 7.12. The summed E-state index contributed by atoms with van der Waals surface area (Å²) in [6.07, 6.45) is 3.60. The molecule has 1 aliphatic carbocycles. The van der Waals surface area contributed by atoms with Gasteiger partial charge in [-0.2, -0.15) is 0 Å². The molecule has 0 bridgehead atoms. The van der Waals surface area contributed by atoms with Crippen LogP contribution in [0.15, 0.2) is 48.0 Å². The second-order valence-corrected chi connectivity index (χ2v) is 9.61.